The average Bonchev–Trinajstić information content (AvgIpc) is 3.22. The summed E-state index contributed by atoms with van der Waals surface area (Å²) in [6, 6.07) is 13.9. The fourth-order valence-corrected chi connectivity index (χ4v) is 4.19. The van der Waals surface area contributed by atoms with Crippen molar-refractivity contribution >= 4 is 22.9 Å². The van der Waals surface area contributed by atoms with E-state index in [0.717, 1.165) is 18.8 Å². The highest BCUT2D eigenvalue weighted by Crippen LogP contribution is 2.35. The number of benzene rings is 1. The molecular weight excluding hydrogens is 318 g/mol. The highest BCUT2D eigenvalue weighted by atomic mass is 32.1. The van der Waals surface area contributed by atoms with Gasteiger partial charge in [-0.1, -0.05) is 0 Å². The van der Waals surface area contributed by atoms with Crippen molar-refractivity contribution in [3.8, 4) is 6.07 Å². The molecule has 1 amide bonds. The monoisotopic (exact) mass is 339 g/mol. The Morgan fingerprint density at radius 1 is 1.33 bits per heavy atom. The van der Waals surface area contributed by atoms with Crippen molar-refractivity contribution in [1.82, 2.24) is 4.90 Å². The second-order valence-electron chi connectivity index (χ2n) is 6.13. The molecule has 1 atom stereocenters. The molecule has 0 aliphatic carbocycles. The molecule has 1 fully saturated rings. The normalized spacial score (nSPS) is 17.6. The lowest BCUT2D eigenvalue weighted by Gasteiger charge is -2.23. The molecule has 0 radical (unpaired) electrons. The van der Waals surface area contributed by atoms with Crippen molar-refractivity contribution in [3.63, 3.8) is 0 Å². The summed E-state index contributed by atoms with van der Waals surface area (Å²) in [6.07, 6.45) is 2.86. The first-order chi connectivity index (χ1) is 11.7. The van der Waals surface area contributed by atoms with Crippen LogP contribution in [0.1, 0.15) is 40.6 Å². The van der Waals surface area contributed by atoms with Crippen LogP contribution in [0.5, 0.6) is 0 Å². The Morgan fingerprint density at radius 3 is 2.79 bits per heavy atom. The van der Waals surface area contributed by atoms with E-state index in [1.807, 2.05) is 11.3 Å². The number of thiophene rings is 1. The molecule has 2 aromatic rings. The van der Waals surface area contributed by atoms with Crippen molar-refractivity contribution < 1.29 is 4.79 Å². The van der Waals surface area contributed by atoms with Gasteiger partial charge in [0.05, 0.1) is 11.6 Å². The van der Waals surface area contributed by atoms with Crippen LogP contribution in [0.3, 0.4) is 0 Å². The first kappa shape index (κ1) is 16.7. The number of anilines is 1. The van der Waals surface area contributed by atoms with Gasteiger partial charge in [0, 0.05) is 34.4 Å². The molecule has 3 rings (SSSR count). The fourth-order valence-electron chi connectivity index (χ4n) is 3.15. The summed E-state index contributed by atoms with van der Waals surface area (Å²) in [7, 11) is 0. The lowest BCUT2D eigenvalue weighted by atomic mass is 10.2. The smallest absolute Gasteiger partial charge is 0.225 e. The Hall–Kier alpha value is -2.16. The first-order valence-corrected chi connectivity index (χ1v) is 9.08. The Labute approximate surface area is 146 Å². The van der Waals surface area contributed by atoms with Crippen LogP contribution in [0.2, 0.25) is 0 Å². The number of hydrogen-bond donors (Lipinski definition) is 1. The number of carbonyl (C=O) groups excluding carboxylic acids is 1. The molecule has 24 heavy (non-hydrogen) atoms. The predicted molar refractivity (Wildman–Crippen MR) is 97.0 cm³/mol. The molecule has 1 N–H and O–H groups in total. The number of nitrogens with zero attached hydrogens (tertiary/aromatic N) is 2. The molecule has 2 heterocycles. The number of likely N-dealkylation sites (tertiary alicyclic amines) is 1. The van der Waals surface area contributed by atoms with Crippen LogP contribution in [-0.4, -0.2) is 23.9 Å². The fraction of sp³-hybridized carbons (Fsp3) is 0.368. The number of hydrogen-bond acceptors (Lipinski definition) is 4. The van der Waals surface area contributed by atoms with Gasteiger partial charge in [-0.3, -0.25) is 9.69 Å². The molecule has 1 unspecified atom stereocenters. The minimum atomic E-state index is 0.0210. The van der Waals surface area contributed by atoms with Crippen LogP contribution < -0.4 is 5.32 Å². The van der Waals surface area contributed by atoms with Gasteiger partial charge in [-0.2, -0.15) is 5.26 Å². The lowest BCUT2D eigenvalue weighted by Crippen LogP contribution is -2.27. The molecule has 0 bridgehead atoms. The maximum absolute atomic E-state index is 12.2. The zero-order chi connectivity index (χ0) is 16.9. The molecule has 0 saturated carbocycles. The predicted octanol–water partition coefficient (Wildman–Crippen LogP) is 4.09. The number of amides is 1. The second kappa shape index (κ2) is 7.61. The van der Waals surface area contributed by atoms with Crippen molar-refractivity contribution in [2.75, 3.05) is 18.4 Å². The van der Waals surface area contributed by atoms with Crippen LogP contribution >= 0.6 is 11.3 Å². The molecule has 1 aliphatic heterocycles. The van der Waals surface area contributed by atoms with Gasteiger partial charge in [0.2, 0.25) is 5.91 Å². The second-order valence-corrected chi connectivity index (χ2v) is 7.45. The molecule has 1 aromatic heterocycles. The van der Waals surface area contributed by atoms with Gasteiger partial charge < -0.3 is 5.32 Å². The SMILES string of the molecule is Cc1ccc(C2CCCN2CCC(=O)Nc2ccc(C#N)cc2)s1. The maximum atomic E-state index is 12.2. The molecular formula is C19H21N3OS. The van der Waals surface area contributed by atoms with E-state index >= 15 is 0 Å². The van der Waals surface area contributed by atoms with E-state index in [0.29, 0.717) is 18.0 Å². The molecule has 1 aromatic carbocycles. The van der Waals surface area contributed by atoms with E-state index in [1.54, 1.807) is 24.3 Å². The summed E-state index contributed by atoms with van der Waals surface area (Å²) in [6.45, 7) is 3.98. The van der Waals surface area contributed by atoms with Crippen LogP contribution in [0.15, 0.2) is 36.4 Å². The highest BCUT2D eigenvalue weighted by Gasteiger charge is 2.27. The molecule has 4 nitrogen and oxygen atoms in total. The minimum absolute atomic E-state index is 0.0210. The van der Waals surface area contributed by atoms with Crippen molar-refractivity contribution in [3.05, 3.63) is 51.7 Å². The lowest BCUT2D eigenvalue weighted by molar-refractivity contribution is -0.116. The quantitative estimate of drug-likeness (QED) is 0.892. The largest absolute Gasteiger partial charge is 0.326 e. The van der Waals surface area contributed by atoms with E-state index in [-0.39, 0.29) is 5.91 Å². The van der Waals surface area contributed by atoms with Crippen LogP contribution in [0.25, 0.3) is 0 Å². The Morgan fingerprint density at radius 2 is 2.12 bits per heavy atom. The summed E-state index contributed by atoms with van der Waals surface area (Å²) in [5.41, 5.74) is 1.34. The zero-order valence-corrected chi connectivity index (χ0v) is 14.6. The van der Waals surface area contributed by atoms with E-state index in [2.05, 4.69) is 35.3 Å². The summed E-state index contributed by atoms with van der Waals surface area (Å²) in [5, 5.41) is 11.7. The van der Waals surface area contributed by atoms with Gasteiger partial charge >= 0.3 is 0 Å². The third-order valence-electron chi connectivity index (χ3n) is 4.38. The number of carbonyl (C=O) groups is 1. The van der Waals surface area contributed by atoms with E-state index in [1.165, 1.54) is 22.6 Å². The Balaban J connectivity index is 1.52. The minimum Gasteiger partial charge on any atom is -0.326 e. The van der Waals surface area contributed by atoms with Gasteiger partial charge in [0.1, 0.15) is 0 Å². The molecule has 1 aliphatic rings. The summed E-state index contributed by atoms with van der Waals surface area (Å²) < 4.78 is 0. The van der Waals surface area contributed by atoms with Gasteiger partial charge in [-0.15, -0.1) is 11.3 Å². The molecule has 1 saturated heterocycles. The third kappa shape index (κ3) is 4.02. The Kier molecular flexibility index (Phi) is 5.29. The van der Waals surface area contributed by atoms with Crippen LogP contribution in [-0.2, 0) is 4.79 Å². The molecule has 0 spiro atoms. The standard InChI is InChI=1S/C19H21N3OS/c1-14-4-9-18(24-14)17-3-2-11-22(17)12-10-19(23)21-16-7-5-15(13-20)6-8-16/h4-9,17H,2-3,10-12H2,1H3,(H,21,23). The van der Waals surface area contributed by atoms with Gasteiger partial charge in [0.25, 0.3) is 0 Å². The summed E-state index contributed by atoms with van der Waals surface area (Å²) in [5.74, 6) is 0.0210. The van der Waals surface area contributed by atoms with Crippen molar-refractivity contribution in [1.29, 1.82) is 5.26 Å². The van der Waals surface area contributed by atoms with Gasteiger partial charge in [-0.25, -0.2) is 0 Å². The van der Waals surface area contributed by atoms with Crippen molar-refractivity contribution in [2.45, 2.75) is 32.2 Å². The average molecular weight is 339 g/mol. The van der Waals surface area contributed by atoms with E-state index in [9.17, 15) is 4.79 Å². The number of nitriles is 1. The highest BCUT2D eigenvalue weighted by molar-refractivity contribution is 7.12. The number of nitrogens with one attached hydrogen (secondary N) is 1. The van der Waals surface area contributed by atoms with Crippen LogP contribution in [0, 0.1) is 18.3 Å². The third-order valence-corrected chi connectivity index (χ3v) is 5.48. The summed E-state index contributed by atoms with van der Waals surface area (Å²) >= 11 is 1.86. The van der Waals surface area contributed by atoms with E-state index < -0.39 is 0 Å². The Bertz CT molecular complexity index is 745. The zero-order valence-electron chi connectivity index (χ0n) is 13.8. The van der Waals surface area contributed by atoms with Gasteiger partial charge in [-0.05, 0) is 62.7 Å². The summed E-state index contributed by atoms with van der Waals surface area (Å²) in [4.78, 5) is 17.3. The van der Waals surface area contributed by atoms with Crippen molar-refractivity contribution in [2.24, 2.45) is 0 Å². The van der Waals surface area contributed by atoms with E-state index in [4.69, 9.17) is 5.26 Å². The number of aryl methyl sites for hydroxylation is 1. The molecule has 124 valence electrons. The maximum Gasteiger partial charge on any atom is 0.225 e. The van der Waals surface area contributed by atoms with Gasteiger partial charge in [0.15, 0.2) is 0 Å². The van der Waals surface area contributed by atoms with Crippen LogP contribution in [0.4, 0.5) is 5.69 Å². The number of rotatable bonds is 5. The topological polar surface area (TPSA) is 56.1 Å². The first-order valence-electron chi connectivity index (χ1n) is 8.26. The molecule has 5 heteroatoms.